The second-order valence-corrected chi connectivity index (χ2v) is 9.62. The number of carbonyl (C=O) groups excluding carboxylic acids is 4. The number of primary amides is 1. The van der Waals surface area contributed by atoms with Crippen molar-refractivity contribution in [3.63, 3.8) is 0 Å². The number of nitrogens with one attached hydrogen (secondary N) is 3. The van der Waals surface area contributed by atoms with Crippen LogP contribution in [0.1, 0.15) is 59.4 Å². The number of amides is 4. The van der Waals surface area contributed by atoms with Crippen molar-refractivity contribution in [1.29, 1.82) is 0 Å². The SMILES string of the molecule is CCC(C)C1NC(=O)c2cc(N)ccc2OCc2ccc(C(N)=O)cc2NC(=O)C(CCCN=C(N)N)NC1=O. The van der Waals surface area contributed by atoms with Crippen LogP contribution >= 0.6 is 0 Å². The largest absolute Gasteiger partial charge is 0.488 e. The molecule has 0 spiro atoms. The van der Waals surface area contributed by atoms with Crippen molar-refractivity contribution < 1.29 is 23.9 Å². The van der Waals surface area contributed by atoms with Gasteiger partial charge in [0.05, 0.1) is 5.56 Å². The minimum absolute atomic E-state index is 0.0604. The quantitative estimate of drug-likeness (QED) is 0.111. The van der Waals surface area contributed by atoms with E-state index in [1.165, 1.54) is 18.2 Å². The van der Waals surface area contributed by atoms with Gasteiger partial charge in [-0.25, -0.2) is 0 Å². The minimum atomic E-state index is -1.01. The molecule has 0 fully saturated rings. The first-order valence-corrected chi connectivity index (χ1v) is 12.9. The van der Waals surface area contributed by atoms with Crippen molar-refractivity contribution >= 4 is 41.0 Å². The number of rotatable bonds is 7. The molecule has 0 bridgehead atoms. The van der Waals surface area contributed by atoms with Gasteiger partial charge in [0.15, 0.2) is 5.96 Å². The Morgan fingerprint density at radius 2 is 1.82 bits per heavy atom. The Hall–Kier alpha value is -4.81. The van der Waals surface area contributed by atoms with E-state index in [2.05, 4.69) is 20.9 Å². The summed E-state index contributed by atoms with van der Waals surface area (Å²) in [6.45, 7) is 3.88. The maximum Gasteiger partial charge on any atom is 0.255 e. The van der Waals surface area contributed by atoms with Gasteiger partial charge in [-0.1, -0.05) is 26.3 Å². The molecule has 0 radical (unpaired) electrons. The third-order valence-corrected chi connectivity index (χ3v) is 6.64. The predicted molar refractivity (Wildman–Crippen MR) is 151 cm³/mol. The number of carbonyl (C=O) groups is 4. The molecule has 1 aliphatic heterocycles. The Labute approximate surface area is 232 Å². The lowest BCUT2D eigenvalue weighted by Gasteiger charge is -2.27. The van der Waals surface area contributed by atoms with Gasteiger partial charge < -0.3 is 43.6 Å². The van der Waals surface area contributed by atoms with E-state index < -0.39 is 35.7 Å². The van der Waals surface area contributed by atoms with Crippen LogP contribution in [-0.2, 0) is 16.2 Å². The van der Waals surface area contributed by atoms with Crippen molar-refractivity contribution in [2.45, 2.75) is 51.8 Å². The van der Waals surface area contributed by atoms with E-state index >= 15 is 0 Å². The Kier molecular flexibility index (Phi) is 9.90. The number of fused-ring (bicyclic) bond motifs is 2. The van der Waals surface area contributed by atoms with Gasteiger partial charge in [0.25, 0.3) is 5.91 Å². The van der Waals surface area contributed by atoms with E-state index in [-0.39, 0.29) is 54.0 Å². The first kappa shape index (κ1) is 29.7. The number of nitrogen functional groups attached to an aromatic ring is 1. The summed E-state index contributed by atoms with van der Waals surface area (Å²) in [5, 5.41) is 8.36. The average molecular weight is 553 g/mol. The zero-order valence-electron chi connectivity index (χ0n) is 22.5. The predicted octanol–water partition coefficient (Wildman–Crippen LogP) is 0.582. The van der Waals surface area contributed by atoms with Crippen LogP contribution in [-0.4, -0.2) is 48.2 Å². The molecular weight excluding hydrogens is 516 g/mol. The molecule has 11 N–H and O–H groups in total. The average Bonchev–Trinajstić information content (AvgIpc) is 2.91. The maximum atomic E-state index is 13.5. The normalized spacial score (nSPS) is 18.4. The van der Waals surface area contributed by atoms with Crippen molar-refractivity contribution in [1.82, 2.24) is 10.6 Å². The highest BCUT2D eigenvalue weighted by molar-refractivity contribution is 6.03. The van der Waals surface area contributed by atoms with Crippen LogP contribution in [0, 0.1) is 5.92 Å². The monoisotopic (exact) mass is 552 g/mol. The molecule has 40 heavy (non-hydrogen) atoms. The van der Waals surface area contributed by atoms with Crippen LogP contribution in [0.4, 0.5) is 11.4 Å². The number of aliphatic imine (C=N–C) groups is 1. The first-order valence-electron chi connectivity index (χ1n) is 12.9. The fourth-order valence-corrected chi connectivity index (χ4v) is 4.15. The van der Waals surface area contributed by atoms with Crippen LogP contribution in [0.15, 0.2) is 41.4 Å². The van der Waals surface area contributed by atoms with Crippen LogP contribution in [0.3, 0.4) is 0 Å². The molecule has 3 atom stereocenters. The standard InChI is InChI=1S/C27H36N8O5/c1-3-14(2)22-26(39)33-19(5-4-10-32-27(30)31)25(38)34-20-11-15(23(29)36)6-7-16(20)13-40-21-9-8-17(28)12-18(21)24(37)35-22/h6-9,11-12,14,19,22H,3-5,10,13,28H2,1-2H3,(H2,29,36)(H,33,39)(H,34,38)(H,35,37)(H4,30,31,32). The van der Waals surface area contributed by atoms with E-state index in [4.69, 9.17) is 27.7 Å². The molecule has 0 aromatic heterocycles. The van der Waals surface area contributed by atoms with Gasteiger partial charge in [0.1, 0.15) is 24.4 Å². The molecule has 0 saturated heterocycles. The minimum Gasteiger partial charge on any atom is -0.488 e. The van der Waals surface area contributed by atoms with Gasteiger partial charge in [0, 0.05) is 29.0 Å². The molecule has 3 rings (SSSR count). The molecule has 3 unspecified atom stereocenters. The number of ether oxygens (including phenoxy) is 1. The summed E-state index contributed by atoms with van der Waals surface area (Å²) in [5.74, 6) is -2.47. The van der Waals surface area contributed by atoms with Gasteiger partial charge in [-0.15, -0.1) is 0 Å². The van der Waals surface area contributed by atoms with Crippen LogP contribution < -0.4 is 43.6 Å². The number of nitrogens with two attached hydrogens (primary N) is 4. The Bertz CT molecular complexity index is 1310. The van der Waals surface area contributed by atoms with E-state index in [0.29, 0.717) is 24.1 Å². The van der Waals surface area contributed by atoms with Gasteiger partial charge >= 0.3 is 0 Å². The van der Waals surface area contributed by atoms with E-state index in [1.807, 2.05) is 13.8 Å². The van der Waals surface area contributed by atoms with E-state index in [0.717, 1.165) is 0 Å². The number of guanidine groups is 1. The third-order valence-electron chi connectivity index (χ3n) is 6.64. The molecule has 2 aromatic rings. The van der Waals surface area contributed by atoms with Crippen molar-refractivity contribution in [3.8, 4) is 5.75 Å². The summed E-state index contributed by atoms with van der Waals surface area (Å²) < 4.78 is 5.97. The van der Waals surface area contributed by atoms with E-state index in [9.17, 15) is 19.2 Å². The number of hydrogen-bond acceptors (Lipinski definition) is 7. The molecule has 13 nitrogen and oxygen atoms in total. The zero-order valence-corrected chi connectivity index (χ0v) is 22.5. The summed E-state index contributed by atoms with van der Waals surface area (Å²) in [6, 6.07) is 7.15. The topological polar surface area (TPSA) is 230 Å². The van der Waals surface area contributed by atoms with Gasteiger partial charge in [-0.05, 0) is 49.1 Å². The molecule has 2 aromatic carbocycles. The second kappa shape index (κ2) is 13.3. The fourth-order valence-electron chi connectivity index (χ4n) is 4.15. The molecule has 1 aliphatic rings. The molecule has 4 amide bonds. The summed E-state index contributed by atoms with van der Waals surface area (Å²) >= 11 is 0. The number of anilines is 2. The van der Waals surface area contributed by atoms with Gasteiger partial charge in [-0.3, -0.25) is 24.2 Å². The lowest BCUT2D eigenvalue weighted by Crippen LogP contribution is -2.55. The van der Waals surface area contributed by atoms with Crippen molar-refractivity contribution in [2.75, 3.05) is 17.6 Å². The number of nitrogens with zero attached hydrogens (tertiary/aromatic N) is 1. The highest BCUT2D eigenvalue weighted by atomic mass is 16.5. The molecule has 0 aliphatic carbocycles. The Balaban J connectivity index is 2.07. The highest BCUT2D eigenvalue weighted by Gasteiger charge is 2.31. The Morgan fingerprint density at radius 3 is 2.50 bits per heavy atom. The van der Waals surface area contributed by atoms with Crippen LogP contribution in [0.25, 0.3) is 0 Å². The summed E-state index contributed by atoms with van der Waals surface area (Å²) in [4.78, 5) is 56.2. The third kappa shape index (κ3) is 7.62. The van der Waals surface area contributed by atoms with Gasteiger partial charge in [0.2, 0.25) is 17.7 Å². The summed E-state index contributed by atoms with van der Waals surface area (Å²) in [5.41, 5.74) is 23.6. The first-order chi connectivity index (χ1) is 19.0. The summed E-state index contributed by atoms with van der Waals surface area (Å²) in [7, 11) is 0. The van der Waals surface area contributed by atoms with Crippen LogP contribution in [0.2, 0.25) is 0 Å². The second-order valence-electron chi connectivity index (χ2n) is 9.62. The van der Waals surface area contributed by atoms with Gasteiger partial charge in [-0.2, -0.15) is 0 Å². The zero-order chi connectivity index (χ0) is 29.4. The lowest BCUT2D eigenvalue weighted by molar-refractivity contribution is -0.128. The molecule has 214 valence electrons. The molecular formula is C27H36N8O5. The Morgan fingerprint density at radius 1 is 1.07 bits per heavy atom. The fraction of sp³-hybridized carbons (Fsp3) is 0.370. The number of benzene rings is 2. The molecule has 1 heterocycles. The maximum absolute atomic E-state index is 13.5. The summed E-state index contributed by atoms with van der Waals surface area (Å²) in [6.07, 6.45) is 1.14. The van der Waals surface area contributed by atoms with E-state index in [1.54, 1.807) is 18.2 Å². The number of hydrogen-bond donors (Lipinski definition) is 7. The van der Waals surface area contributed by atoms with Crippen molar-refractivity contribution in [3.05, 3.63) is 53.1 Å². The van der Waals surface area contributed by atoms with Crippen molar-refractivity contribution in [2.24, 2.45) is 28.1 Å². The highest BCUT2D eigenvalue weighted by Crippen LogP contribution is 2.26. The molecule has 0 saturated carbocycles. The van der Waals surface area contributed by atoms with Crippen LogP contribution in [0.5, 0.6) is 5.75 Å². The molecule has 13 heteroatoms. The smallest absolute Gasteiger partial charge is 0.255 e. The lowest BCUT2D eigenvalue weighted by atomic mass is 9.97.